The maximum Gasteiger partial charge on any atom is 0.209 e. The van der Waals surface area contributed by atoms with E-state index in [4.69, 9.17) is 4.74 Å². The van der Waals surface area contributed by atoms with Crippen molar-refractivity contribution in [3.8, 4) is 5.75 Å². The van der Waals surface area contributed by atoms with Crippen LogP contribution in [0.3, 0.4) is 0 Å². The highest BCUT2D eigenvalue weighted by molar-refractivity contribution is 7.88. The highest BCUT2D eigenvalue weighted by atomic mass is 32.2. The Hall–Kier alpha value is -1.80. The minimum absolute atomic E-state index is 0.411. The number of hydrogen-bond donors (Lipinski definition) is 3. The Bertz CT molecular complexity index is 657. The van der Waals surface area contributed by atoms with Crippen LogP contribution in [0.2, 0.25) is 0 Å². The van der Waals surface area contributed by atoms with Crippen molar-refractivity contribution in [3.05, 3.63) is 29.8 Å². The first kappa shape index (κ1) is 20.2. The quantitative estimate of drug-likeness (QED) is 0.472. The van der Waals surface area contributed by atoms with Gasteiger partial charge in [0, 0.05) is 25.7 Å². The van der Waals surface area contributed by atoms with Crippen LogP contribution in [0.25, 0.3) is 0 Å². The van der Waals surface area contributed by atoms with Crippen molar-refractivity contribution < 1.29 is 13.2 Å². The van der Waals surface area contributed by atoms with Gasteiger partial charge in [-0.1, -0.05) is 18.2 Å². The molecule has 0 bridgehead atoms. The Morgan fingerprint density at radius 2 is 1.92 bits per heavy atom. The topological polar surface area (TPSA) is 91.8 Å². The molecule has 0 aromatic heterocycles. The van der Waals surface area contributed by atoms with Gasteiger partial charge in [0.15, 0.2) is 5.96 Å². The Kier molecular flexibility index (Phi) is 7.50. The number of nitrogens with one attached hydrogen (secondary N) is 3. The molecule has 0 radical (unpaired) electrons. The summed E-state index contributed by atoms with van der Waals surface area (Å²) in [5.41, 5.74) is 0.496. The number of hydrogen-bond acceptors (Lipinski definition) is 4. The van der Waals surface area contributed by atoms with E-state index in [9.17, 15) is 8.42 Å². The van der Waals surface area contributed by atoms with E-state index < -0.39 is 15.6 Å². The van der Waals surface area contributed by atoms with Gasteiger partial charge in [0.1, 0.15) is 5.75 Å². The minimum Gasteiger partial charge on any atom is -0.496 e. The van der Waals surface area contributed by atoms with Crippen molar-refractivity contribution in [2.24, 2.45) is 4.99 Å². The van der Waals surface area contributed by atoms with E-state index in [1.165, 1.54) is 0 Å². The monoisotopic (exact) mass is 356 g/mol. The van der Waals surface area contributed by atoms with E-state index in [0.717, 1.165) is 24.0 Å². The summed E-state index contributed by atoms with van der Waals surface area (Å²) in [6.45, 7) is 4.71. The zero-order valence-corrected chi connectivity index (χ0v) is 15.8. The number of benzene rings is 1. The van der Waals surface area contributed by atoms with E-state index in [0.29, 0.717) is 19.0 Å². The molecule has 0 aliphatic carbocycles. The first-order chi connectivity index (χ1) is 11.2. The molecule has 0 aliphatic rings. The zero-order chi connectivity index (χ0) is 18.2. The number of guanidine groups is 1. The van der Waals surface area contributed by atoms with Gasteiger partial charge in [0.25, 0.3) is 0 Å². The van der Waals surface area contributed by atoms with Crippen LogP contribution >= 0.6 is 0 Å². The number of methoxy groups -OCH3 is 1. The third-order valence-corrected chi connectivity index (χ3v) is 4.19. The van der Waals surface area contributed by atoms with Crippen molar-refractivity contribution in [1.82, 2.24) is 15.4 Å². The van der Waals surface area contributed by atoms with Crippen LogP contribution in [0, 0.1) is 0 Å². The second-order valence-corrected chi connectivity index (χ2v) is 7.92. The van der Waals surface area contributed by atoms with Gasteiger partial charge in [-0.2, -0.15) is 0 Å². The molecule has 0 aliphatic heterocycles. The molecule has 1 aromatic rings. The zero-order valence-electron chi connectivity index (χ0n) is 15.0. The SMILES string of the molecule is CN=C(NCCc1ccccc1OC)NCC(C)(C)NS(C)(=O)=O. The van der Waals surface area contributed by atoms with Crippen molar-refractivity contribution in [2.45, 2.75) is 25.8 Å². The molecule has 0 spiro atoms. The summed E-state index contributed by atoms with van der Waals surface area (Å²) in [6, 6.07) is 7.87. The van der Waals surface area contributed by atoms with Crippen molar-refractivity contribution >= 4 is 16.0 Å². The van der Waals surface area contributed by atoms with Crippen LogP contribution < -0.4 is 20.1 Å². The summed E-state index contributed by atoms with van der Waals surface area (Å²) in [7, 11) is 0.0711. The lowest BCUT2D eigenvalue weighted by molar-refractivity contribution is 0.409. The van der Waals surface area contributed by atoms with Crippen molar-refractivity contribution in [2.75, 3.05) is 33.5 Å². The van der Waals surface area contributed by atoms with E-state index >= 15 is 0 Å². The number of ether oxygens (including phenoxy) is 1. The fourth-order valence-corrected chi connectivity index (χ4v) is 3.36. The molecule has 1 rings (SSSR count). The lowest BCUT2D eigenvalue weighted by atomic mass is 10.1. The summed E-state index contributed by atoms with van der Waals surface area (Å²) in [5, 5.41) is 6.34. The van der Waals surface area contributed by atoms with E-state index in [1.807, 2.05) is 38.1 Å². The van der Waals surface area contributed by atoms with Crippen LogP contribution in [-0.4, -0.2) is 53.4 Å². The van der Waals surface area contributed by atoms with Gasteiger partial charge < -0.3 is 15.4 Å². The van der Waals surface area contributed by atoms with E-state index in [-0.39, 0.29) is 0 Å². The largest absolute Gasteiger partial charge is 0.496 e. The predicted molar refractivity (Wildman–Crippen MR) is 98.1 cm³/mol. The second kappa shape index (κ2) is 8.89. The molecule has 136 valence electrons. The highest BCUT2D eigenvalue weighted by Crippen LogP contribution is 2.17. The maximum atomic E-state index is 11.4. The first-order valence-electron chi connectivity index (χ1n) is 7.72. The van der Waals surface area contributed by atoms with Crippen LogP contribution in [0.15, 0.2) is 29.3 Å². The minimum atomic E-state index is -3.26. The summed E-state index contributed by atoms with van der Waals surface area (Å²) >= 11 is 0. The smallest absolute Gasteiger partial charge is 0.209 e. The van der Waals surface area contributed by atoms with Crippen LogP contribution in [0.1, 0.15) is 19.4 Å². The molecular weight excluding hydrogens is 328 g/mol. The van der Waals surface area contributed by atoms with Gasteiger partial charge >= 0.3 is 0 Å². The van der Waals surface area contributed by atoms with Crippen LogP contribution in [-0.2, 0) is 16.4 Å². The lowest BCUT2D eigenvalue weighted by Gasteiger charge is -2.26. The molecule has 3 N–H and O–H groups in total. The number of para-hydroxylation sites is 1. The summed E-state index contributed by atoms with van der Waals surface area (Å²) in [4.78, 5) is 4.15. The van der Waals surface area contributed by atoms with Crippen molar-refractivity contribution in [3.63, 3.8) is 0 Å². The predicted octanol–water partition coefficient (Wildman–Crippen LogP) is 0.731. The molecule has 8 heteroatoms. The number of rotatable bonds is 8. The molecule has 7 nitrogen and oxygen atoms in total. The molecule has 0 heterocycles. The Morgan fingerprint density at radius 1 is 1.25 bits per heavy atom. The van der Waals surface area contributed by atoms with Crippen LogP contribution in [0.4, 0.5) is 0 Å². The molecule has 0 fully saturated rings. The lowest BCUT2D eigenvalue weighted by Crippen LogP contribution is -2.53. The Labute approximate surface area is 145 Å². The van der Waals surface area contributed by atoms with E-state index in [1.54, 1.807) is 14.2 Å². The van der Waals surface area contributed by atoms with Gasteiger partial charge in [-0.05, 0) is 31.9 Å². The summed E-state index contributed by atoms with van der Waals surface area (Å²) in [5.74, 6) is 1.48. The molecule has 0 saturated carbocycles. The van der Waals surface area contributed by atoms with Gasteiger partial charge in [-0.25, -0.2) is 13.1 Å². The fourth-order valence-electron chi connectivity index (χ4n) is 2.29. The standard InChI is InChI=1S/C16H28N4O3S/c1-16(2,20-24(5,21)22)12-19-15(17-3)18-11-10-13-8-6-7-9-14(13)23-4/h6-9,20H,10-12H2,1-5H3,(H2,17,18,19). The average molecular weight is 356 g/mol. The third-order valence-electron chi connectivity index (χ3n) is 3.26. The van der Waals surface area contributed by atoms with Gasteiger partial charge in [0.05, 0.1) is 13.4 Å². The van der Waals surface area contributed by atoms with Crippen molar-refractivity contribution in [1.29, 1.82) is 0 Å². The molecule has 0 saturated heterocycles. The molecule has 0 amide bonds. The Morgan fingerprint density at radius 3 is 2.50 bits per heavy atom. The van der Waals surface area contributed by atoms with Crippen LogP contribution in [0.5, 0.6) is 5.75 Å². The molecule has 0 atom stereocenters. The average Bonchev–Trinajstić information content (AvgIpc) is 2.48. The number of sulfonamides is 1. The maximum absolute atomic E-state index is 11.4. The number of nitrogens with zero attached hydrogens (tertiary/aromatic N) is 1. The van der Waals surface area contributed by atoms with Gasteiger partial charge in [-0.3, -0.25) is 4.99 Å². The first-order valence-corrected chi connectivity index (χ1v) is 9.61. The van der Waals surface area contributed by atoms with E-state index in [2.05, 4.69) is 20.3 Å². The normalized spacial score (nSPS) is 12.8. The van der Waals surface area contributed by atoms with Gasteiger partial charge in [-0.15, -0.1) is 0 Å². The number of aliphatic imine (C=N–C) groups is 1. The summed E-state index contributed by atoms with van der Waals surface area (Å²) in [6.07, 6.45) is 1.94. The second-order valence-electron chi connectivity index (χ2n) is 6.17. The molecule has 0 unspecified atom stereocenters. The highest BCUT2D eigenvalue weighted by Gasteiger charge is 2.22. The molecular formula is C16H28N4O3S. The summed E-state index contributed by atoms with van der Waals surface area (Å²) < 4.78 is 30.6. The Balaban J connectivity index is 2.48. The van der Waals surface area contributed by atoms with Gasteiger partial charge in [0.2, 0.25) is 10.0 Å². The molecule has 1 aromatic carbocycles. The fraction of sp³-hybridized carbons (Fsp3) is 0.562. The third kappa shape index (κ3) is 7.65. The molecule has 24 heavy (non-hydrogen) atoms.